The lowest BCUT2D eigenvalue weighted by molar-refractivity contribution is -0.151. The molecule has 0 aliphatic heterocycles. The fourth-order valence-electron chi connectivity index (χ4n) is 2.92. The minimum absolute atomic E-state index is 0.0380. The Balaban J connectivity index is 2.31. The Morgan fingerprint density at radius 3 is 2.56 bits per heavy atom. The Kier molecular flexibility index (Phi) is 7.25. The van der Waals surface area contributed by atoms with E-state index in [1.807, 2.05) is 6.92 Å². The van der Waals surface area contributed by atoms with Crippen molar-refractivity contribution in [1.29, 1.82) is 5.26 Å². The molecule has 4 nitrogen and oxygen atoms in total. The van der Waals surface area contributed by atoms with E-state index >= 15 is 0 Å². The maximum atomic E-state index is 14.7. The highest BCUT2D eigenvalue weighted by molar-refractivity contribution is 5.99. The highest BCUT2D eigenvalue weighted by atomic mass is 19.1. The summed E-state index contributed by atoms with van der Waals surface area (Å²) in [6.07, 6.45) is 0.823. The highest BCUT2D eigenvalue weighted by Crippen LogP contribution is 2.26. The van der Waals surface area contributed by atoms with E-state index < -0.39 is 17.7 Å². The van der Waals surface area contributed by atoms with Crippen molar-refractivity contribution < 1.29 is 18.7 Å². The fourth-order valence-corrected chi connectivity index (χ4v) is 2.92. The summed E-state index contributed by atoms with van der Waals surface area (Å²) in [5.74, 6) is -2.38. The van der Waals surface area contributed by atoms with Crippen molar-refractivity contribution in [3.8, 4) is 17.2 Å². The maximum absolute atomic E-state index is 14.7. The first-order chi connectivity index (χ1) is 13.0. The number of hydrogen-bond donors (Lipinski definition) is 0. The number of esters is 1. The van der Waals surface area contributed by atoms with Crippen molar-refractivity contribution in [2.24, 2.45) is 5.92 Å². The van der Waals surface area contributed by atoms with Gasteiger partial charge < -0.3 is 4.74 Å². The highest BCUT2D eigenvalue weighted by Gasteiger charge is 2.28. The molecule has 2 aromatic carbocycles. The lowest BCUT2D eigenvalue weighted by Crippen LogP contribution is -2.28. The average molecular weight is 367 g/mol. The molecule has 2 aromatic rings. The Morgan fingerprint density at radius 2 is 1.93 bits per heavy atom. The van der Waals surface area contributed by atoms with Gasteiger partial charge in [0.2, 0.25) is 0 Å². The number of ether oxygens (including phenoxy) is 1. The van der Waals surface area contributed by atoms with Gasteiger partial charge in [-0.25, -0.2) is 4.39 Å². The molecule has 0 saturated heterocycles. The molecule has 0 spiro atoms. The number of nitrogens with zero attached hydrogens (tertiary/aromatic N) is 1. The van der Waals surface area contributed by atoms with Crippen LogP contribution in [-0.2, 0) is 20.7 Å². The minimum atomic E-state index is -1.00. The summed E-state index contributed by atoms with van der Waals surface area (Å²) in [6.45, 7) is 3.69. The fraction of sp³-hybridized carbons (Fsp3) is 0.318. The Bertz CT molecular complexity index is 852. The van der Waals surface area contributed by atoms with E-state index in [-0.39, 0.29) is 30.8 Å². The van der Waals surface area contributed by atoms with Crippen molar-refractivity contribution in [2.45, 2.75) is 33.1 Å². The quantitative estimate of drug-likeness (QED) is 0.510. The van der Waals surface area contributed by atoms with Crippen LogP contribution in [0.25, 0.3) is 11.1 Å². The smallest absolute Gasteiger partial charge is 0.316 e. The minimum Gasteiger partial charge on any atom is -0.465 e. The van der Waals surface area contributed by atoms with Crippen LogP contribution in [0.1, 0.15) is 37.8 Å². The molecule has 0 bridgehead atoms. The first-order valence-electron chi connectivity index (χ1n) is 8.99. The number of carbonyl (C=O) groups is 2. The molecule has 0 aliphatic carbocycles. The first-order valence-corrected chi connectivity index (χ1v) is 8.99. The molecule has 140 valence electrons. The van der Waals surface area contributed by atoms with E-state index in [1.54, 1.807) is 43.3 Å². The topological polar surface area (TPSA) is 67.2 Å². The molecule has 0 radical (unpaired) electrons. The Morgan fingerprint density at radius 1 is 1.19 bits per heavy atom. The number of halogens is 1. The number of hydrogen-bond acceptors (Lipinski definition) is 4. The SMILES string of the molecule is CCCC(=O)C(Cc1ccc(-c2ccccc2C#N)cc1F)C(=O)OCC. The van der Waals surface area contributed by atoms with Gasteiger partial charge in [0.1, 0.15) is 17.5 Å². The second-order valence-electron chi connectivity index (χ2n) is 6.19. The molecule has 0 aliphatic rings. The average Bonchev–Trinajstić information content (AvgIpc) is 2.67. The second kappa shape index (κ2) is 9.63. The Labute approximate surface area is 158 Å². The third kappa shape index (κ3) is 5.01. The lowest BCUT2D eigenvalue weighted by Gasteiger charge is -2.15. The molecule has 0 aromatic heterocycles. The summed E-state index contributed by atoms with van der Waals surface area (Å²) < 4.78 is 19.7. The van der Waals surface area contributed by atoms with Gasteiger partial charge in [0.05, 0.1) is 18.2 Å². The van der Waals surface area contributed by atoms with E-state index in [1.165, 1.54) is 6.07 Å². The van der Waals surface area contributed by atoms with Crippen LogP contribution in [-0.4, -0.2) is 18.4 Å². The molecule has 1 atom stereocenters. The summed E-state index contributed by atoms with van der Waals surface area (Å²) in [4.78, 5) is 24.4. The first kappa shape index (κ1) is 20.3. The van der Waals surface area contributed by atoms with E-state index in [4.69, 9.17) is 4.74 Å². The third-order valence-corrected chi connectivity index (χ3v) is 4.29. The molecule has 2 rings (SSSR count). The van der Waals surface area contributed by atoms with Crippen molar-refractivity contribution >= 4 is 11.8 Å². The molecule has 5 heteroatoms. The summed E-state index contributed by atoms with van der Waals surface area (Å²) in [7, 11) is 0. The zero-order valence-electron chi connectivity index (χ0n) is 15.5. The molecule has 0 heterocycles. The molecule has 0 saturated carbocycles. The largest absolute Gasteiger partial charge is 0.465 e. The third-order valence-electron chi connectivity index (χ3n) is 4.29. The van der Waals surface area contributed by atoms with Crippen LogP contribution in [0.5, 0.6) is 0 Å². The van der Waals surface area contributed by atoms with Gasteiger partial charge in [-0.3, -0.25) is 9.59 Å². The van der Waals surface area contributed by atoms with Gasteiger partial charge in [-0.15, -0.1) is 0 Å². The summed E-state index contributed by atoms with van der Waals surface area (Å²) in [5, 5.41) is 9.21. The Hall–Kier alpha value is -3.00. The molecular formula is C22H22FNO3. The van der Waals surface area contributed by atoms with Gasteiger partial charge >= 0.3 is 5.97 Å². The standard InChI is InChI=1S/C22H22FNO3/c1-3-7-21(25)19(22(26)27-4-2)12-16-11-10-15(13-20(16)23)18-9-6-5-8-17(18)14-24/h5-6,8-11,13,19H,3-4,7,12H2,1-2H3. The van der Waals surface area contributed by atoms with Crippen molar-refractivity contribution in [1.82, 2.24) is 0 Å². The van der Waals surface area contributed by atoms with Crippen molar-refractivity contribution in [3.05, 3.63) is 59.4 Å². The van der Waals surface area contributed by atoms with Gasteiger partial charge in [-0.1, -0.05) is 37.3 Å². The molecule has 1 unspecified atom stereocenters. The lowest BCUT2D eigenvalue weighted by atomic mass is 9.91. The number of ketones is 1. The van der Waals surface area contributed by atoms with Crippen LogP contribution in [0.15, 0.2) is 42.5 Å². The van der Waals surface area contributed by atoms with Gasteiger partial charge in [0.25, 0.3) is 0 Å². The van der Waals surface area contributed by atoms with Crippen molar-refractivity contribution in [3.63, 3.8) is 0 Å². The second-order valence-corrected chi connectivity index (χ2v) is 6.19. The number of rotatable bonds is 8. The number of nitriles is 1. The van der Waals surface area contributed by atoms with Crippen LogP contribution in [0, 0.1) is 23.1 Å². The molecule has 0 fully saturated rings. The monoisotopic (exact) mass is 367 g/mol. The zero-order chi connectivity index (χ0) is 19.8. The van der Waals surface area contributed by atoms with E-state index in [0.717, 1.165) is 0 Å². The summed E-state index contributed by atoms with van der Waals surface area (Å²) in [6, 6.07) is 13.6. The van der Waals surface area contributed by atoms with E-state index in [9.17, 15) is 19.2 Å². The molecule has 27 heavy (non-hydrogen) atoms. The van der Waals surface area contributed by atoms with Crippen LogP contribution >= 0.6 is 0 Å². The summed E-state index contributed by atoms with van der Waals surface area (Å²) in [5.41, 5.74) is 1.93. The predicted octanol–water partition coefficient (Wildman–Crippen LogP) is 4.46. The number of benzene rings is 2. The predicted molar refractivity (Wildman–Crippen MR) is 100 cm³/mol. The molecule has 0 N–H and O–H groups in total. The van der Waals surface area contributed by atoms with Crippen molar-refractivity contribution in [2.75, 3.05) is 6.61 Å². The van der Waals surface area contributed by atoms with E-state index in [2.05, 4.69) is 6.07 Å². The van der Waals surface area contributed by atoms with Gasteiger partial charge in [0.15, 0.2) is 0 Å². The van der Waals surface area contributed by atoms with Gasteiger partial charge in [-0.05, 0) is 48.6 Å². The van der Waals surface area contributed by atoms with Crippen LogP contribution in [0.2, 0.25) is 0 Å². The van der Waals surface area contributed by atoms with Crippen LogP contribution < -0.4 is 0 Å². The normalized spacial score (nSPS) is 11.5. The number of Topliss-reactive ketones (excluding diaryl/α,β-unsaturated/α-hetero) is 1. The number of carbonyl (C=O) groups excluding carboxylic acids is 2. The maximum Gasteiger partial charge on any atom is 0.316 e. The molecule has 0 amide bonds. The summed E-state index contributed by atoms with van der Waals surface area (Å²) >= 11 is 0. The van der Waals surface area contributed by atoms with Gasteiger partial charge in [0, 0.05) is 6.42 Å². The van der Waals surface area contributed by atoms with Crippen LogP contribution in [0.3, 0.4) is 0 Å². The molecular weight excluding hydrogens is 345 g/mol. The zero-order valence-corrected chi connectivity index (χ0v) is 15.5. The van der Waals surface area contributed by atoms with Crippen LogP contribution in [0.4, 0.5) is 4.39 Å². The van der Waals surface area contributed by atoms with Gasteiger partial charge in [-0.2, -0.15) is 5.26 Å². The van der Waals surface area contributed by atoms with E-state index in [0.29, 0.717) is 23.1 Å².